The van der Waals surface area contributed by atoms with Gasteiger partial charge in [-0.2, -0.15) is 0 Å². The number of halogens is 1. The highest BCUT2D eigenvalue weighted by molar-refractivity contribution is 8.13. The van der Waals surface area contributed by atoms with Crippen molar-refractivity contribution in [2.45, 2.75) is 13.3 Å². The molecule has 0 aliphatic carbocycles. The molecule has 2 nitrogen and oxygen atoms in total. The van der Waals surface area contributed by atoms with Gasteiger partial charge >= 0.3 is 0 Å². The smallest absolute Gasteiger partial charge is 0.193 e. The molecule has 0 aliphatic heterocycles. The fraction of sp³-hybridized carbons (Fsp3) is 0.300. The third-order valence-corrected chi connectivity index (χ3v) is 2.39. The fourth-order valence-corrected chi connectivity index (χ4v) is 1.60. The highest BCUT2D eigenvalue weighted by Gasteiger charge is 2.02. The Bertz CT molecular complexity index is 287. The Labute approximate surface area is 94.7 Å². The Hall–Kier alpha value is -0.670. The Morgan fingerprint density at radius 1 is 1.36 bits per heavy atom. The minimum atomic E-state index is 0. The van der Waals surface area contributed by atoms with E-state index in [-0.39, 0.29) is 17.5 Å². The molecule has 1 rings (SSSR count). The van der Waals surface area contributed by atoms with Crippen molar-refractivity contribution in [1.29, 1.82) is 0 Å². The molecule has 0 amide bonds. The number of thioether (sulfide) groups is 1. The summed E-state index contributed by atoms with van der Waals surface area (Å²) >= 11 is 1.36. The van der Waals surface area contributed by atoms with Crippen molar-refractivity contribution in [2.75, 3.05) is 11.5 Å². The van der Waals surface area contributed by atoms with Crippen LogP contribution in [0.5, 0.6) is 0 Å². The van der Waals surface area contributed by atoms with Crippen LogP contribution in [0, 0.1) is 0 Å². The first-order chi connectivity index (χ1) is 6.22. The summed E-state index contributed by atoms with van der Waals surface area (Å²) in [5.74, 6) is 0.841. The van der Waals surface area contributed by atoms with Crippen LogP contribution in [-0.4, -0.2) is 10.9 Å². The summed E-state index contributed by atoms with van der Waals surface area (Å²) in [7, 11) is 0. The van der Waals surface area contributed by atoms with E-state index < -0.39 is 0 Å². The predicted octanol–water partition coefficient (Wildman–Crippen LogP) is 2.51. The topological polar surface area (TPSA) is 43.1 Å². The Kier molecular flexibility index (Phi) is 6.41. The average molecular weight is 232 g/mol. The third kappa shape index (κ3) is 4.53. The summed E-state index contributed by atoms with van der Waals surface area (Å²) in [6.07, 6.45) is 0.499. The van der Waals surface area contributed by atoms with E-state index in [4.69, 9.17) is 5.73 Å². The predicted molar refractivity (Wildman–Crippen MR) is 64.9 cm³/mol. The molecule has 0 saturated heterocycles. The van der Waals surface area contributed by atoms with Crippen LogP contribution in [0.1, 0.15) is 12.5 Å². The highest BCUT2D eigenvalue weighted by Crippen LogP contribution is 2.10. The van der Waals surface area contributed by atoms with E-state index in [0.717, 1.165) is 17.0 Å². The molecular formula is C10H14ClNOS. The number of anilines is 1. The quantitative estimate of drug-likeness (QED) is 0.813. The molecule has 0 atom stereocenters. The largest absolute Gasteiger partial charge is 0.399 e. The van der Waals surface area contributed by atoms with Crippen LogP contribution in [0.3, 0.4) is 0 Å². The van der Waals surface area contributed by atoms with E-state index in [1.807, 2.05) is 31.2 Å². The van der Waals surface area contributed by atoms with E-state index >= 15 is 0 Å². The molecule has 0 aliphatic rings. The summed E-state index contributed by atoms with van der Waals surface area (Å²) in [6, 6.07) is 7.42. The van der Waals surface area contributed by atoms with Crippen LogP contribution in [-0.2, 0) is 11.2 Å². The van der Waals surface area contributed by atoms with Crippen molar-refractivity contribution in [3.63, 3.8) is 0 Å². The molecule has 78 valence electrons. The normalized spacial score (nSPS) is 9.21. The Morgan fingerprint density at radius 3 is 2.43 bits per heavy atom. The summed E-state index contributed by atoms with van der Waals surface area (Å²) in [5.41, 5.74) is 7.29. The van der Waals surface area contributed by atoms with Gasteiger partial charge in [0.2, 0.25) is 0 Å². The molecule has 1 aromatic rings. The number of hydrogen-bond acceptors (Lipinski definition) is 3. The second-order valence-electron chi connectivity index (χ2n) is 2.72. The van der Waals surface area contributed by atoms with Crippen molar-refractivity contribution in [3.05, 3.63) is 29.8 Å². The van der Waals surface area contributed by atoms with Gasteiger partial charge in [-0.3, -0.25) is 4.79 Å². The summed E-state index contributed by atoms with van der Waals surface area (Å²) in [5, 5.41) is 0.215. The van der Waals surface area contributed by atoms with Gasteiger partial charge in [-0.25, -0.2) is 0 Å². The third-order valence-electron chi connectivity index (χ3n) is 1.63. The van der Waals surface area contributed by atoms with Crippen molar-refractivity contribution < 1.29 is 4.79 Å². The van der Waals surface area contributed by atoms with Gasteiger partial charge in [-0.05, 0) is 23.4 Å². The molecule has 0 fully saturated rings. The molecule has 0 unspecified atom stereocenters. The number of nitrogens with two attached hydrogens (primary N) is 1. The van der Waals surface area contributed by atoms with Crippen molar-refractivity contribution in [2.24, 2.45) is 0 Å². The number of benzene rings is 1. The average Bonchev–Trinajstić information content (AvgIpc) is 2.09. The van der Waals surface area contributed by atoms with E-state index in [0.29, 0.717) is 6.42 Å². The molecule has 1 aromatic carbocycles. The zero-order valence-corrected chi connectivity index (χ0v) is 9.66. The van der Waals surface area contributed by atoms with Gasteiger partial charge in [0, 0.05) is 12.1 Å². The SMILES string of the molecule is CCSC(=O)Cc1ccc(N)cc1.Cl. The molecule has 14 heavy (non-hydrogen) atoms. The maximum absolute atomic E-state index is 11.2. The van der Waals surface area contributed by atoms with E-state index in [1.165, 1.54) is 11.8 Å². The summed E-state index contributed by atoms with van der Waals surface area (Å²) in [6.45, 7) is 1.98. The van der Waals surface area contributed by atoms with Crippen LogP contribution < -0.4 is 5.73 Å². The molecule has 0 aromatic heterocycles. The lowest BCUT2D eigenvalue weighted by Gasteiger charge is -1.99. The minimum Gasteiger partial charge on any atom is -0.399 e. The van der Waals surface area contributed by atoms with Gasteiger partial charge in [0.05, 0.1) is 0 Å². The number of carbonyl (C=O) groups is 1. The first-order valence-electron chi connectivity index (χ1n) is 4.22. The summed E-state index contributed by atoms with van der Waals surface area (Å²) in [4.78, 5) is 11.2. The van der Waals surface area contributed by atoms with Crippen LogP contribution in [0.2, 0.25) is 0 Å². The fourth-order valence-electron chi connectivity index (χ4n) is 1.01. The Morgan fingerprint density at radius 2 is 1.93 bits per heavy atom. The van der Waals surface area contributed by atoms with Gasteiger partial charge in [0.25, 0.3) is 0 Å². The Balaban J connectivity index is 0.00000169. The highest BCUT2D eigenvalue weighted by atomic mass is 35.5. The standard InChI is InChI=1S/C10H13NOS.ClH/c1-2-13-10(12)7-8-3-5-9(11)6-4-8;/h3-6H,2,7,11H2,1H3;1H. The molecule has 4 heteroatoms. The van der Waals surface area contributed by atoms with Crippen molar-refractivity contribution in [3.8, 4) is 0 Å². The lowest BCUT2D eigenvalue weighted by molar-refractivity contribution is -0.110. The van der Waals surface area contributed by atoms with Crippen LogP contribution >= 0.6 is 24.2 Å². The number of carbonyl (C=O) groups excluding carboxylic acids is 1. The first-order valence-corrected chi connectivity index (χ1v) is 5.21. The molecule has 2 N–H and O–H groups in total. The van der Waals surface area contributed by atoms with Crippen molar-refractivity contribution >= 4 is 35.0 Å². The van der Waals surface area contributed by atoms with Crippen LogP contribution in [0.4, 0.5) is 5.69 Å². The van der Waals surface area contributed by atoms with E-state index in [2.05, 4.69) is 0 Å². The van der Waals surface area contributed by atoms with Crippen LogP contribution in [0.15, 0.2) is 24.3 Å². The first kappa shape index (κ1) is 13.3. The molecule has 0 bridgehead atoms. The number of nitrogen functional groups attached to an aromatic ring is 1. The van der Waals surface area contributed by atoms with E-state index in [1.54, 1.807) is 0 Å². The number of rotatable bonds is 3. The van der Waals surface area contributed by atoms with Crippen LogP contribution in [0.25, 0.3) is 0 Å². The minimum absolute atomic E-state index is 0. The van der Waals surface area contributed by atoms with Gasteiger partial charge in [-0.1, -0.05) is 30.8 Å². The molecule has 0 saturated carbocycles. The van der Waals surface area contributed by atoms with E-state index in [9.17, 15) is 4.79 Å². The van der Waals surface area contributed by atoms with Gasteiger partial charge in [0.15, 0.2) is 5.12 Å². The second-order valence-corrected chi connectivity index (χ2v) is 4.04. The zero-order valence-electron chi connectivity index (χ0n) is 8.03. The molecule has 0 radical (unpaired) electrons. The lowest BCUT2D eigenvalue weighted by Crippen LogP contribution is -1.97. The zero-order chi connectivity index (χ0) is 9.68. The monoisotopic (exact) mass is 231 g/mol. The maximum atomic E-state index is 11.2. The van der Waals surface area contributed by atoms with Crippen molar-refractivity contribution in [1.82, 2.24) is 0 Å². The summed E-state index contributed by atoms with van der Waals surface area (Å²) < 4.78 is 0. The maximum Gasteiger partial charge on any atom is 0.193 e. The molecular weight excluding hydrogens is 218 g/mol. The van der Waals surface area contributed by atoms with Gasteiger partial charge in [0.1, 0.15) is 0 Å². The van der Waals surface area contributed by atoms with Gasteiger partial charge in [-0.15, -0.1) is 12.4 Å². The molecule has 0 heterocycles. The number of hydrogen-bond donors (Lipinski definition) is 1. The van der Waals surface area contributed by atoms with Gasteiger partial charge < -0.3 is 5.73 Å². The molecule has 0 spiro atoms. The lowest BCUT2D eigenvalue weighted by atomic mass is 10.1. The second kappa shape index (κ2) is 6.74.